The highest BCUT2D eigenvalue weighted by Crippen LogP contribution is 2.02. The summed E-state index contributed by atoms with van der Waals surface area (Å²) in [4.78, 5) is 19.1. The molecule has 0 aliphatic heterocycles. The molecule has 2 rings (SSSR count). The van der Waals surface area contributed by atoms with Crippen LogP contribution in [-0.4, -0.2) is 48.3 Å². The predicted molar refractivity (Wildman–Crippen MR) is 122 cm³/mol. The standard InChI is InChI=1S/2C10H15N.C4H4O4/c2*1-9(11-2)8-10-6-4-3-5-7-10;5-3(6)1-2-4(7)8/h2*3-7,9,11H,8H2,1-2H3;1-2H,(H,5,6)(H,7,8)/b;;2-1+. The number of carboxylic acids is 2. The average molecular weight is 415 g/mol. The van der Waals surface area contributed by atoms with E-state index in [-0.39, 0.29) is 0 Å². The fourth-order valence-corrected chi connectivity index (χ4v) is 2.28. The molecule has 6 heteroatoms. The van der Waals surface area contributed by atoms with Crippen molar-refractivity contribution in [3.05, 3.63) is 83.9 Å². The summed E-state index contributed by atoms with van der Waals surface area (Å²) in [6.45, 7) is 4.38. The minimum absolute atomic E-state index is 0.558. The van der Waals surface area contributed by atoms with E-state index in [2.05, 4.69) is 73.0 Å². The van der Waals surface area contributed by atoms with Gasteiger partial charge >= 0.3 is 11.9 Å². The third-order valence-electron chi connectivity index (χ3n) is 4.12. The molecule has 2 atom stereocenters. The number of carboxylic acid groups (broad SMARTS) is 2. The highest BCUT2D eigenvalue weighted by atomic mass is 16.4. The van der Waals surface area contributed by atoms with E-state index in [1.807, 2.05) is 26.2 Å². The van der Waals surface area contributed by atoms with E-state index in [0.29, 0.717) is 24.2 Å². The summed E-state index contributed by atoms with van der Waals surface area (Å²) in [5, 5.41) is 22.1. The Balaban J connectivity index is 0.000000428. The van der Waals surface area contributed by atoms with Crippen molar-refractivity contribution >= 4 is 11.9 Å². The molecule has 0 heterocycles. The summed E-state index contributed by atoms with van der Waals surface area (Å²) in [5.41, 5.74) is 2.80. The van der Waals surface area contributed by atoms with Crippen molar-refractivity contribution < 1.29 is 19.8 Å². The fraction of sp³-hybridized carbons (Fsp3) is 0.333. The Hall–Kier alpha value is -2.96. The third kappa shape index (κ3) is 16.0. The van der Waals surface area contributed by atoms with E-state index < -0.39 is 11.9 Å². The molecule has 0 aromatic heterocycles. The van der Waals surface area contributed by atoms with Crippen molar-refractivity contribution in [3.8, 4) is 0 Å². The average Bonchev–Trinajstić information content (AvgIpc) is 2.74. The van der Waals surface area contributed by atoms with Gasteiger partial charge in [0, 0.05) is 24.2 Å². The van der Waals surface area contributed by atoms with Crippen molar-refractivity contribution in [1.82, 2.24) is 10.6 Å². The lowest BCUT2D eigenvalue weighted by Crippen LogP contribution is -2.23. The SMILES string of the molecule is CNC(C)Cc1ccccc1.CNC(C)Cc1ccccc1.O=C(O)/C=C/C(=O)O. The molecule has 0 saturated carbocycles. The normalized spacial score (nSPS) is 12.0. The second-order valence-electron chi connectivity index (χ2n) is 6.77. The van der Waals surface area contributed by atoms with E-state index in [1.165, 1.54) is 11.1 Å². The van der Waals surface area contributed by atoms with Gasteiger partial charge in [-0.1, -0.05) is 60.7 Å². The first kappa shape index (κ1) is 27.0. The zero-order valence-electron chi connectivity index (χ0n) is 18.2. The topological polar surface area (TPSA) is 98.7 Å². The maximum absolute atomic E-state index is 9.55. The van der Waals surface area contributed by atoms with Gasteiger partial charge in [-0.25, -0.2) is 9.59 Å². The summed E-state index contributed by atoms with van der Waals surface area (Å²) >= 11 is 0. The molecule has 2 aromatic carbocycles. The molecule has 4 N–H and O–H groups in total. The quantitative estimate of drug-likeness (QED) is 0.494. The minimum atomic E-state index is -1.26. The summed E-state index contributed by atoms with van der Waals surface area (Å²) in [7, 11) is 3.99. The van der Waals surface area contributed by atoms with Gasteiger partial charge in [0.1, 0.15) is 0 Å². The van der Waals surface area contributed by atoms with Crippen LogP contribution in [0.1, 0.15) is 25.0 Å². The van der Waals surface area contributed by atoms with E-state index in [0.717, 1.165) is 12.8 Å². The van der Waals surface area contributed by atoms with Crippen LogP contribution in [0.25, 0.3) is 0 Å². The summed E-state index contributed by atoms with van der Waals surface area (Å²) in [6.07, 6.45) is 3.33. The molecule has 0 saturated heterocycles. The van der Waals surface area contributed by atoms with Gasteiger partial charge < -0.3 is 20.8 Å². The lowest BCUT2D eigenvalue weighted by molar-refractivity contribution is -0.134. The first-order valence-electron chi connectivity index (χ1n) is 9.84. The van der Waals surface area contributed by atoms with Gasteiger partial charge in [0.25, 0.3) is 0 Å². The molecule has 2 aromatic rings. The highest BCUT2D eigenvalue weighted by Gasteiger charge is 1.98. The Kier molecular flexibility index (Phi) is 15.3. The molecule has 0 amide bonds. The van der Waals surface area contributed by atoms with Crippen LogP contribution < -0.4 is 10.6 Å². The molecule has 0 fully saturated rings. The van der Waals surface area contributed by atoms with Crippen LogP contribution in [0.4, 0.5) is 0 Å². The first-order chi connectivity index (χ1) is 14.3. The Bertz CT molecular complexity index is 670. The van der Waals surface area contributed by atoms with Crippen LogP contribution in [0.2, 0.25) is 0 Å². The van der Waals surface area contributed by atoms with E-state index in [9.17, 15) is 9.59 Å². The van der Waals surface area contributed by atoms with Crippen LogP contribution >= 0.6 is 0 Å². The molecule has 0 spiro atoms. The van der Waals surface area contributed by atoms with Crippen molar-refractivity contribution in [1.29, 1.82) is 0 Å². The molecule has 2 unspecified atom stereocenters. The minimum Gasteiger partial charge on any atom is -0.478 e. The van der Waals surface area contributed by atoms with Crippen molar-refractivity contribution in [2.24, 2.45) is 0 Å². The molecule has 0 radical (unpaired) electrons. The van der Waals surface area contributed by atoms with Crippen LogP contribution in [0.5, 0.6) is 0 Å². The van der Waals surface area contributed by atoms with Gasteiger partial charge in [0.15, 0.2) is 0 Å². The lowest BCUT2D eigenvalue weighted by Gasteiger charge is -2.08. The number of likely N-dealkylation sites (N-methyl/N-ethyl adjacent to an activating group) is 2. The monoisotopic (exact) mass is 414 g/mol. The van der Waals surface area contributed by atoms with Crippen molar-refractivity contribution in [3.63, 3.8) is 0 Å². The second kappa shape index (κ2) is 16.9. The van der Waals surface area contributed by atoms with Crippen molar-refractivity contribution in [2.45, 2.75) is 38.8 Å². The third-order valence-corrected chi connectivity index (χ3v) is 4.12. The van der Waals surface area contributed by atoms with E-state index in [4.69, 9.17) is 10.2 Å². The van der Waals surface area contributed by atoms with Crippen LogP contribution in [0.3, 0.4) is 0 Å². The van der Waals surface area contributed by atoms with Crippen LogP contribution in [0.15, 0.2) is 72.8 Å². The molecular weight excluding hydrogens is 380 g/mol. The molecule has 30 heavy (non-hydrogen) atoms. The van der Waals surface area contributed by atoms with Crippen LogP contribution in [-0.2, 0) is 22.4 Å². The number of aliphatic carboxylic acids is 2. The predicted octanol–water partition coefficient (Wildman–Crippen LogP) is 3.39. The smallest absolute Gasteiger partial charge is 0.328 e. The summed E-state index contributed by atoms with van der Waals surface area (Å²) < 4.78 is 0. The van der Waals surface area contributed by atoms with Gasteiger partial charge in [-0.05, 0) is 51.9 Å². The Morgan fingerprint density at radius 1 is 0.733 bits per heavy atom. The van der Waals surface area contributed by atoms with E-state index in [1.54, 1.807) is 0 Å². The first-order valence-corrected chi connectivity index (χ1v) is 9.84. The highest BCUT2D eigenvalue weighted by molar-refractivity contribution is 5.89. The van der Waals surface area contributed by atoms with Gasteiger partial charge in [0.2, 0.25) is 0 Å². The van der Waals surface area contributed by atoms with Crippen molar-refractivity contribution in [2.75, 3.05) is 14.1 Å². The van der Waals surface area contributed by atoms with E-state index >= 15 is 0 Å². The molecular formula is C24H34N2O4. The maximum Gasteiger partial charge on any atom is 0.328 e. The number of hydrogen-bond donors (Lipinski definition) is 4. The summed E-state index contributed by atoms with van der Waals surface area (Å²) in [6, 6.07) is 22.2. The Morgan fingerprint density at radius 3 is 1.27 bits per heavy atom. The van der Waals surface area contributed by atoms with Gasteiger partial charge in [0.05, 0.1) is 0 Å². The zero-order chi connectivity index (χ0) is 22.8. The fourth-order valence-electron chi connectivity index (χ4n) is 2.28. The molecule has 6 nitrogen and oxygen atoms in total. The molecule has 164 valence electrons. The molecule has 0 bridgehead atoms. The lowest BCUT2D eigenvalue weighted by atomic mass is 10.1. The van der Waals surface area contributed by atoms with Crippen LogP contribution in [0, 0.1) is 0 Å². The number of benzene rings is 2. The maximum atomic E-state index is 9.55. The van der Waals surface area contributed by atoms with Gasteiger partial charge in [-0.2, -0.15) is 0 Å². The second-order valence-corrected chi connectivity index (χ2v) is 6.77. The van der Waals surface area contributed by atoms with Gasteiger partial charge in [-0.3, -0.25) is 0 Å². The summed E-state index contributed by atoms with van der Waals surface area (Å²) in [5.74, 6) is -2.51. The number of nitrogens with one attached hydrogen (secondary N) is 2. The van der Waals surface area contributed by atoms with Gasteiger partial charge in [-0.15, -0.1) is 0 Å². The molecule has 0 aliphatic rings. The number of carbonyl (C=O) groups is 2. The number of rotatable bonds is 8. The zero-order valence-corrected chi connectivity index (χ0v) is 18.2. The Labute approximate surface area is 179 Å². The number of hydrogen-bond acceptors (Lipinski definition) is 4. The molecule has 0 aliphatic carbocycles. The largest absolute Gasteiger partial charge is 0.478 e. The Morgan fingerprint density at radius 2 is 1.03 bits per heavy atom.